The highest BCUT2D eigenvalue weighted by atomic mass is 16.4. The van der Waals surface area contributed by atoms with Gasteiger partial charge in [0, 0.05) is 19.3 Å². The lowest BCUT2D eigenvalue weighted by Crippen LogP contribution is -1.92. The quantitative estimate of drug-likeness (QED) is 0.371. The zero-order valence-corrected chi connectivity index (χ0v) is 10.9. The summed E-state index contributed by atoms with van der Waals surface area (Å²) in [5.74, 6) is 5.28. The average Bonchev–Trinajstić information content (AvgIpc) is 2.30. The summed E-state index contributed by atoms with van der Waals surface area (Å²) >= 11 is 0. The summed E-state index contributed by atoms with van der Waals surface area (Å²) < 4.78 is 0. The van der Waals surface area contributed by atoms with Crippen molar-refractivity contribution in [2.75, 3.05) is 0 Å². The Bertz CT molecular complexity index is 268. The second-order valence-corrected chi connectivity index (χ2v) is 4.13. The van der Waals surface area contributed by atoms with Crippen LogP contribution in [0, 0.1) is 11.8 Å². The number of carboxylic acids is 1. The first-order chi connectivity index (χ1) is 8.27. The summed E-state index contributed by atoms with van der Waals surface area (Å²) in [5, 5.41) is 8.42. The maximum absolute atomic E-state index is 10.2. The van der Waals surface area contributed by atoms with Crippen LogP contribution in [0.4, 0.5) is 0 Å². The SMILES string of the molecule is CCCCCCC=CCC#CCCCC(=O)O. The van der Waals surface area contributed by atoms with Crippen LogP contribution in [-0.4, -0.2) is 11.1 Å². The molecule has 0 saturated carbocycles. The van der Waals surface area contributed by atoms with Crippen molar-refractivity contribution in [2.45, 2.75) is 64.7 Å². The first-order valence-electron chi connectivity index (χ1n) is 6.60. The van der Waals surface area contributed by atoms with Crippen molar-refractivity contribution >= 4 is 5.97 Å². The number of carbonyl (C=O) groups is 1. The summed E-state index contributed by atoms with van der Waals surface area (Å²) in [6.45, 7) is 2.22. The van der Waals surface area contributed by atoms with E-state index in [4.69, 9.17) is 5.11 Å². The molecule has 0 fully saturated rings. The third-order valence-corrected chi connectivity index (χ3v) is 2.43. The van der Waals surface area contributed by atoms with Crippen LogP contribution in [-0.2, 0) is 4.79 Å². The van der Waals surface area contributed by atoms with E-state index >= 15 is 0 Å². The smallest absolute Gasteiger partial charge is 0.303 e. The van der Waals surface area contributed by atoms with Gasteiger partial charge in [-0.2, -0.15) is 0 Å². The Morgan fingerprint density at radius 1 is 1.12 bits per heavy atom. The summed E-state index contributed by atoms with van der Waals surface area (Å²) in [5.41, 5.74) is 0. The predicted molar refractivity (Wildman–Crippen MR) is 71.8 cm³/mol. The van der Waals surface area contributed by atoms with Crippen LogP contribution >= 0.6 is 0 Å². The van der Waals surface area contributed by atoms with Crippen molar-refractivity contribution in [3.05, 3.63) is 12.2 Å². The molecule has 0 aliphatic heterocycles. The van der Waals surface area contributed by atoms with Gasteiger partial charge in [-0.25, -0.2) is 0 Å². The molecule has 0 amide bonds. The Morgan fingerprint density at radius 3 is 2.65 bits per heavy atom. The number of hydrogen-bond acceptors (Lipinski definition) is 1. The van der Waals surface area contributed by atoms with Crippen molar-refractivity contribution < 1.29 is 9.90 Å². The number of hydrogen-bond donors (Lipinski definition) is 1. The maximum atomic E-state index is 10.2. The number of aliphatic carboxylic acids is 1. The number of rotatable bonds is 9. The van der Waals surface area contributed by atoms with Crippen molar-refractivity contribution in [2.24, 2.45) is 0 Å². The van der Waals surface area contributed by atoms with Crippen LogP contribution in [0.25, 0.3) is 0 Å². The molecule has 0 aliphatic rings. The van der Waals surface area contributed by atoms with Crippen LogP contribution in [0.5, 0.6) is 0 Å². The normalized spacial score (nSPS) is 10.2. The molecule has 2 nitrogen and oxygen atoms in total. The van der Waals surface area contributed by atoms with E-state index in [0.717, 1.165) is 12.8 Å². The lowest BCUT2D eigenvalue weighted by molar-refractivity contribution is -0.137. The van der Waals surface area contributed by atoms with Gasteiger partial charge >= 0.3 is 5.97 Å². The molecule has 0 radical (unpaired) electrons. The van der Waals surface area contributed by atoms with Crippen LogP contribution < -0.4 is 0 Å². The van der Waals surface area contributed by atoms with Gasteiger partial charge in [-0.3, -0.25) is 4.79 Å². The molecule has 0 atom stereocenters. The van der Waals surface area contributed by atoms with E-state index < -0.39 is 5.97 Å². The van der Waals surface area contributed by atoms with Crippen LogP contribution in [0.1, 0.15) is 64.7 Å². The Morgan fingerprint density at radius 2 is 1.94 bits per heavy atom. The molecular weight excluding hydrogens is 212 g/mol. The van der Waals surface area contributed by atoms with Gasteiger partial charge in [0.1, 0.15) is 0 Å². The molecule has 0 rings (SSSR count). The predicted octanol–water partition coefficient (Wildman–Crippen LogP) is 4.16. The zero-order valence-electron chi connectivity index (χ0n) is 10.9. The Hall–Kier alpha value is -1.23. The molecule has 0 bridgehead atoms. The Kier molecular flexibility index (Phi) is 11.9. The van der Waals surface area contributed by atoms with Crippen LogP contribution in [0.3, 0.4) is 0 Å². The van der Waals surface area contributed by atoms with Gasteiger partial charge in [-0.15, -0.1) is 5.92 Å². The van der Waals surface area contributed by atoms with E-state index in [-0.39, 0.29) is 6.42 Å². The molecule has 2 heteroatoms. The standard InChI is InChI=1S/C15H24O2/c1-2-3-4-5-6-7-8-9-10-11-12-13-14-15(16)17/h7-8H,2-6,9,12-14H2,1H3,(H,16,17). The first kappa shape index (κ1) is 15.8. The second-order valence-electron chi connectivity index (χ2n) is 4.13. The number of unbranched alkanes of at least 4 members (excludes halogenated alkanes) is 5. The second kappa shape index (κ2) is 12.8. The minimum absolute atomic E-state index is 0.224. The summed E-state index contributed by atoms with van der Waals surface area (Å²) in [6.07, 6.45) is 13.0. The first-order valence-corrected chi connectivity index (χ1v) is 6.60. The minimum atomic E-state index is -0.737. The highest BCUT2D eigenvalue weighted by molar-refractivity contribution is 5.66. The molecule has 96 valence electrons. The molecule has 0 heterocycles. The fourth-order valence-electron chi connectivity index (χ4n) is 1.44. The molecule has 17 heavy (non-hydrogen) atoms. The molecule has 0 spiro atoms. The molecular formula is C15H24O2. The Balaban J connectivity index is 3.28. The van der Waals surface area contributed by atoms with Crippen LogP contribution in [0.2, 0.25) is 0 Å². The van der Waals surface area contributed by atoms with Crippen molar-refractivity contribution in [1.82, 2.24) is 0 Å². The van der Waals surface area contributed by atoms with E-state index in [0.29, 0.717) is 12.8 Å². The van der Waals surface area contributed by atoms with Crippen molar-refractivity contribution in [3.8, 4) is 11.8 Å². The molecule has 0 aromatic rings. The van der Waals surface area contributed by atoms with Crippen molar-refractivity contribution in [3.63, 3.8) is 0 Å². The van der Waals surface area contributed by atoms with E-state index in [1.807, 2.05) is 0 Å². The van der Waals surface area contributed by atoms with Gasteiger partial charge in [0.05, 0.1) is 0 Å². The van der Waals surface area contributed by atoms with E-state index in [2.05, 4.69) is 30.9 Å². The summed E-state index contributed by atoms with van der Waals surface area (Å²) in [7, 11) is 0. The molecule has 0 unspecified atom stereocenters. The zero-order chi connectivity index (χ0) is 12.8. The van der Waals surface area contributed by atoms with E-state index in [1.165, 1.54) is 25.7 Å². The maximum Gasteiger partial charge on any atom is 0.303 e. The third-order valence-electron chi connectivity index (χ3n) is 2.43. The lowest BCUT2D eigenvalue weighted by Gasteiger charge is -1.93. The third kappa shape index (κ3) is 14.8. The van der Waals surface area contributed by atoms with Gasteiger partial charge in [-0.1, -0.05) is 44.3 Å². The summed E-state index contributed by atoms with van der Waals surface area (Å²) in [4.78, 5) is 10.2. The fraction of sp³-hybridized carbons (Fsp3) is 0.667. The number of allylic oxidation sites excluding steroid dienone is 2. The van der Waals surface area contributed by atoms with Gasteiger partial charge in [-0.05, 0) is 19.3 Å². The largest absolute Gasteiger partial charge is 0.481 e. The van der Waals surface area contributed by atoms with Crippen LogP contribution in [0.15, 0.2) is 12.2 Å². The topological polar surface area (TPSA) is 37.3 Å². The molecule has 0 aromatic carbocycles. The molecule has 0 saturated heterocycles. The van der Waals surface area contributed by atoms with Gasteiger partial charge in [0.2, 0.25) is 0 Å². The van der Waals surface area contributed by atoms with Gasteiger partial charge in [0.25, 0.3) is 0 Å². The molecule has 1 N–H and O–H groups in total. The molecule has 0 aliphatic carbocycles. The van der Waals surface area contributed by atoms with E-state index in [9.17, 15) is 4.79 Å². The van der Waals surface area contributed by atoms with Crippen molar-refractivity contribution in [1.29, 1.82) is 0 Å². The highest BCUT2D eigenvalue weighted by Gasteiger charge is 1.92. The van der Waals surface area contributed by atoms with Gasteiger partial charge < -0.3 is 5.11 Å². The fourth-order valence-corrected chi connectivity index (χ4v) is 1.44. The minimum Gasteiger partial charge on any atom is -0.481 e. The van der Waals surface area contributed by atoms with E-state index in [1.54, 1.807) is 0 Å². The summed E-state index contributed by atoms with van der Waals surface area (Å²) in [6, 6.07) is 0. The monoisotopic (exact) mass is 236 g/mol. The highest BCUT2D eigenvalue weighted by Crippen LogP contribution is 2.03. The molecule has 0 aromatic heterocycles. The Labute approximate surface area is 105 Å². The lowest BCUT2D eigenvalue weighted by atomic mass is 10.1. The van der Waals surface area contributed by atoms with Gasteiger partial charge in [0.15, 0.2) is 0 Å². The number of carboxylic acid groups (broad SMARTS) is 1. The average molecular weight is 236 g/mol.